The van der Waals surface area contributed by atoms with Crippen molar-refractivity contribution >= 4 is 17.5 Å². The topological polar surface area (TPSA) is 63.9 Å². The summed E-state index contributed by atoms with van der Waals surface area (Å²) in [6.45, 7) is 1.43. The van der Waals surface area contributed by atoms with Gasteiger partial charge in [-0.1, -0.05) is 11.6 Å². The maximum Gasteiger partial charge on any atom is 0.257 e. The number of amides is 1. The third-order valence-corrected chi connectivity index (χ3v) is 3.26. The van der Waals surface area contributed by atoms with Crippen LogP contribution in [-0.2, 0) is 13.1 Å². The molecule has 19 heavy (non-hydrogen) atoms. The molecule has 0 atom stereocenters. The standard InChI is InChI=1S/C11H9ClFN5O/c12-10-8(3-7(13)4-14-10)11(19)17-1-2-18-6-15-16-9(18)5-17/h3-4,6H,1-2,5H2. The molecule has 1 amide bonds. The van der Waals surface area contributed by atoms with Gasteiger partial charge in [0.2, 0.25) is 0 Å². The molecule has 0 unspecified atom stereocenters. The second-order valence-corrected chi connectivity index (χ2v) is 4.52. The summed E-state index contributed by atoms with van der Waals surface area (Å²) >= 11 is 5.83. The molecule has 0 saturated carbocycles. The van der Waals surface area contributed by atoms with E-state index >= 15 is 0 Å². The van der Waals surface area contributed by atoms with Crippen molar-refractivity contribution < 1.29 is 9.18 Å². The van der Waals surface area contributed by atoms with E-state index in [9.17, 15) is 9.18 Å². The monoisotopic (exact) mass is 281 g/mol. The van der Waals surface area contributed by atoms with Gasteiger partial charge in [0.05, 0.1) is 18.3 Å². The number of pyridine rings is 1. The summed E-state index contributed by atoms with van der Waals surface area (Å²) in [6, 6.07) is 1.09. The van der Waals surface area contributed by atoms with Crippen LogP contribution in [0.15, 0.2) is 18.6 Å². The number of halogens is 2. The van der Waals surface area contributed by atoms with Crippen LogP contribution in [0, 0.1) is 5.82 Å². The first-order valence-electron chi connectivity index (χ1n) is 5.62. The molecule has 8 heteroatoms. The normalized spacial score (nSPS) is 14.3. The van der Waals surface area contributed by atoms with Gasteiger partial charge in [0.1, 0.15) is 17.3 Å². The van der Waals surface area contributed by atoms with E-state index in [1.165, 1.54) is 0 Å². The molecule has 0 fully saturated rings. The summed E-state index contributed by atoms with van der Waals surface area (Å²) in [6.07, 6.45) is 2.60. The molecule has 0 aliphatic carbocycles. The Labute approximate surface area is 112 Å². The van der Waals surface area contributed by atoms with Gasteiger partial charge in [-0.2, -0.15) is 0 Å². The van der Waals surface area contributed by atoms with Gasteiger partial charge in [0.25, 0.3) is 5.91 Å². The van der Waals surface area contributed by atoms with E-state index in [0.717, 1.165) is 12.3 Å². The van der Waals surface area contributed by atoms with Crippen molar-refractivity contribution in [1.29, 1.82) is 0 Å². The predicted octanol–water partition coefficient (Wildman–Crippen LogP) is 1.12. The summed E-state index contributed by atoms with van der Waals surface area (Å²) in [7, 11) is 0. The lowest BCUT2D eigenvalue weighted by Gasteiger charge is -2.27. The first-order chi connectivity index (χ1) is 9.15. The lowest BCUT2D eigenvalue weighted by atomic mass is 10.2. The zero-order chi connectivity index (χ0) is 13.4. The predicted molar refractivity (Wildman–Crippen MR) is 64.0 cm³/mol. The largest absolute Gasteiger partial charge is 0.329 e. The number of carbonyl (C=O) groups excluding carboxylic acids is 1. The van der Waals surface area contributed by atoms with E-state index in [1.54, 1.807) is 11.2 Å². The smallest absolute Gasteiger partial charge is 0.257 e. The van der Waals surface area contributed by atoms with Gasteiger partial charge in [-0.15, -0.1) is 10.2 Å². The molecule has 0 bridgehead atoms. The fourth-order valence-corrected chi connectivity index (χ4v) is 2.17. The van der Waals surface area contributed by atoms with E-state index in [-0.39, 0.29) is 16.6 Å². The molecule has 3 rings (SSSR count). The molecule has 3 heterocycles. The molecule has 2 aromatic rings. The SMILES string of the molecule is O=C(c1cc(F)cnc1Cl)N1CCn2cnnc2C1. The number of fused-ring (bicyclic) bond motifs is 1. The van der Waals surface area contributed by atoms with Crippen LogP contribution in [0.3, 0.4) is 0 Å². The molecule has 1 aliphatic heterocycles. The Morgan fingerprint density at radius 3 is 3.11 bits per heavy atom. The van der Waals surface area contributed by atoms with E-state index in [1.807, 2.05) is 4.57 Å². The fourth-order valence-electron chi connectivity index (χ4n) is 1.98. The number of hydrogen-bond acceptors (Lipinski definition) is 4. The highest BCUT2D eigenvalue weighted by Gasteiger charge is 2.25. The van der Waals surface area contributed by atoms with E-state index in [0.29, 0.717) is 25.5 Å². The van der Waals surface area contributed by atoms with Crippen LogP contribution in [0.5, 0.6) is 0 Å². The van der Waals surface area contributed by atoms with Crippen molar-refractivity contribution in [1.82, 2.24) is 24.6 Å². The lowest BCUT2D eigenvalue weighted by molar-refractivity contribution is 0.0706. The molecule has 0 saturated heterocycles. The quantitative estimate of drug-likeness (QED) is 0.735. The molecular weight excluding hydrogens is 273 g/mol. The second kappa shape index (κ2) is 4.58. The van der Waals surface area contributed by atoms with Crippen LogP contribution in [0.2, 0.25) is 5.15 Å². The van der Waals surface area contributed by atoms with Gasteiger partial charge < -0.3 is 9.47 Å². The van der Waals surface area contributed by atoms with Gasteiger partial charge in [-0.05, 0) is 6.07 Å². The molecular formula is C11H9ClFN5O. The number of nitrogens with zero attached hydrogens (tertiary/aromatic N) is 5. The number of aromatic nitrogens is 4. The van der Waals surface area contributed by atoms with Crippen LogP contribution in [0.4, 0.5) is 4.39 Å². The Morgan fingerprint density at radius 2 is 2.26 bits per heavy atom. The Balaban J connectivity index is 1.87. The average Bonchev–Trinajstić information content (AvgIpc) is 2.88. The Morgan fingerprint density at radius 1 is 1.42 bits per heavy atom. The first-order valence-corrected chi connectivity index (χ1v) is 6.00. The van der Waals surface area contributed by atoms with Crippen LogP contribution in [-0.4, -0.2) is 37.1 Å². The summed E-state index contributed by atoms with van der Waals surface area (Å²) < 4.78 is 15.0. The molecule has 6 nitrogen and oxygen atoms in total. The van der Waals surface area contributed by atoms with E-state index < -0.39 is 5.82 Å². The minimum Gasteiger partial charge on any atom is -0.329 e. The highest BCUT2D eigenvalue weighted by atomic mass is 35.5. The van der Waals surface area contributed by atoms with Crippen molar-refractivity contribution in [3.05, 3.63) is 40.9 Å². The third kappa shape index (κ3) is 2.17. The third-order valence-electron chi connectivity index (χ3n) is 2.96. The van der Waals surface area contributed by atoms with Crippen LogP contribution in [0.1, 0.15) is 16.2 Å². The molecule has 0 spiro atoms. The molecule has 98 valence electrons. The van der Waals surface area contributed by atoms with Crippen molar-refractivity contribution in [2.24, 2.45) is 0 Å². The minimum absolute atomic E-state index is 0.00144. The van der Waals surface area contributed by atoms with Gasteiger partial charge in [-0.3, -0.25) is 4.79 Å². The van der Waals surface area contributed by atoms with Crippen LogP contribution >= 0.6 is 11.6 Å². The van der Waals surface area contributed by atoms with Crippen molar-refractivity contribution in [3.63, 3.8) is 0 Å². The highest BCUT2D eigenvalue weighted by Crippen LogP contribution is 2.19. The van der Waals surface area contributed by atoms with E-state index in [2.05, 4.69) is 15.2 Å². The first kappa shape index (κ1) is 12.0. The van der Waals surface area contributed by atoms with Gasteiger partial charge >= 0.3 is 0 Å². The van der Waals surface area contributed by atoms with E-state index in [4.69, 9.17) is 11.6 Å². The molecule has 2 aromatic heterocycles. The molecule has 0 aromatic carbocycles. The molecule has 1 aliphatic rings. The Bertz CT molecular complexity index is 644. The average molecular weight is 282 g/mol. The summed E-state index contributed by atoms with van der Waals surface area (Å²) in [5.41, 5.74) is 0.0645. The van der Waals surface area contributed by atoms with Crippen molar-refractivity contribution in [2.45, 2.75) is 13.1 Å². The van der Waals surface area contributed by atoms with Crippen LogP contribution in [0.25, 0.3) is 0 Å². The number of carbonyl (C=O) groups is 1. The highest BCUT2D eigenvalue weighted by molar-refractivity contribution is 6.32. The zero-order valence-electron chi connectivity index (χ0n) is 9.75. The zero-order valence-corrected chi connectivity index (χ0v) is 10.5. The van der Waals surface area contributed by atoms with Crippen molar-refractivity contribution in [2.75, 3.05) is 6.54 Å². The van der Waals surface area contributed by atoms with Crippen LogP contribution < -0.4 is 0 Å². The van der Waals surface area contributed by atoms with Gasteiger partial charge in [0.15, 0.2) is 5.82 Å². The maximum atomic E-state index is 13.1. The summed E-state index contributed by atoms with van der Waals surface area (Å²) in [5.74, 6) is -0.251. The number of rotatable bonds is 1. The number of hydrogen-bond donors (Lipinski definition) is 0. The molecule has 0 N–H and O–H groups in total. The molecule has 0 radical (unpaired) electrons. The summed E-state index contributed by atoms with van der Waals surface area (Å²) in [4.78, 5) is 17.5. The van der Waals surface area contributed by atoms with Gasteiger partial charge in [-0.25, -0.2) is 9.37 Å². The lowest BCUT2D eigenvalue weighted by Crippen LogP contribution is -2.38. The summed E-state index contributed by atoms with van der Waals surface area (Å²) in [5, 5.41) is 7.70. The van der Waals surface area contributed by atoms with Crippen molar-refractivity contribution in [3.8, 4) is 0 Å². The maximum absolute atomic E-state index is 13.1. The Hall–Kier alpha value is -2.02. The van der Waals surface area contributed by atoms with Gasteiger partial charge in [0, 0.05) is 13.1 Å². The fraction of sp³-hybridized carbons (Fsp3) is 0.273. The second-order valence-electron chi connectivity index (χ2n) is 4.16. The minimum atomic E-state index is -0.590. The Kier molecular flexibility index (Phi) is 2.90.